The van der Waals surface area contributed by atoms with E-state index in [0.717, 1.165) is 22.1 Å². The predicted octanol–water partition coefficient (Wildman–Crippen LogP) is 3.65. The van der Waals surface area contributed by atoms with Gasteiger partial charge in [-0.1, -0.05) is 62.4 Å². The first-order valence-electron chi connectivity index (χ1n) is 10.1. The van der Waals surface area contributed by atoms with Crippen LogP contribution in [0.1, 0.15) is 40.0 Å². The van der Waals surface area contributed by atoms with Crippen molar-refractivity contribution in [3.8, 4) is 0 Å². The molecule has 4 aromatic rings. The summed E-state index contributed by atoms with van der Waals surface area (Å²) in [5.41, 5.74) is 3.65. The first-order chi connectivity index (χ1) is 14.5. The van der Waals surface area contributed by atoms with Crippen LogP contribution in [-0.2, 0) is 0 Å². The highest BCUT2D eigenvalue weighted by Gasteiger charge is 2.24. The van der Waals surface area contributed by atoms with Gasteiger partial charge in [-0.15, -0.1) is 10.2 Å². The third-order valence-corrected chi connectivity index (χ3v) is 5.34. The maximum absolute atomic E-state index is 5.69. The van der Waals surface area contributed by atoms with Crippen LogP contribution in [0.4, 0.5) is 0 Å². The van der Waals surface area contributed by atoms with Crippen LogP contribution in [0.15, 0.2) is 48.5 Å². The van der Waals surface area contributed by atoms with Crippen LogP contribution in [0.2, 0.25) is 0 Å². The molecule has 2 unspecified atom stereocenters. The first kappa shape index (κ1) is 20.2. The van der Waals surface area contributed by atoms with Crippen LogP contribution in [0.5, 0.6) is 0 Å². The molecule has 2 heterocycles. The van der Waals surface area contributed by atoms with E-state index in [4.69, 9.17) is 12.2 Å². The molecule has 156 valence electrons. The average Bonchev–Trinajstić information content (AvgIpc) is 3.34. The normalized spacial score (nSPS) is 13.8. The molecule has 0 saturated carbocycles. The van der Waals surface area contributed by atoms with E-state index in [1.165, 1.54) is 0 Å². The zero-order chi connectivity index (χ0) is 21.3. The number of rotatable bonds is 6. The lowest BCUT2D eigenvalue weighted by atomic mass is 10.1. The Morgan fingerprint density at radius 1 is 0.733 bits per heavy atom. The molecule has 2 N–H and O–H groups in total. The maximum atomic E-state index is 5.69. The summed E-state index contributed by atoms with van der Waals surface area (Å²) in [6.45, 7) is 8.51. The molecule has 0 fully saturated rings. The standard InChI is InChI=1S/C21H26N8S/c1-13(2)19(28-17-11-7-5-9-15(17)24-26-28)22-21(30)23-20(14(3)4)29-18-12-8-6-10-16(18)25-27-29/h5-14,19-20H,1-4H3,(H2,22,23,30). The molecule has 2 aromatic heterocycles. The lowest BCUT2D eigenvalue weighted by molar-refractivity contribution is 0.302. The monoisotopic (exact) mass is 422 g/mol. The van der Waals surface area contributed by atoms with E-state index < -0.39 is 0 Å². The van der Waals surface area contributed by atoms with Crippen molar-refractivity contribution in [1.29, 1.82) is 0 Å². The van der Waals surface area contributed by atoms with Gasteiger partial charge in [0.1, 0.15) is 23.4 Å². The Kier molecular flexibility index (Phi) is 5.63. The Labute approximate surface area is 180 Å². The molecule has 0 saturated heterocycles. The Bertz CT molecular complexity index is 1070. The first-order valence-corrected chi connectivity index (χ1v) is 10.5. The molecule has 0 amide bonds. The number of para-hydroxylation sites is 2. The topological polar surface area (TPSA) is 85.5 Å². The molecule has 0 aliphatic heterocycles. The summed E-state index contributed by atoms with van der Waals surface area (Å²) in [5.74, 6) is 0.471. The van der Waals surface area contributed by atoms with Gasteiger partial charge in [0.2, 0.25) is 0 Å². The van der Waals surface area contributed by atoms with Crippen LogP contribution in [0, 0.1) is 11.8 Å². The summed E-state index contributed by atoms with van der Waals surface area (Å²) >= 11 is 5.69. The summed E-state index contributed by atoms with van der Waals surface area (Å²) in [7, 11) is 0. The third kappa shape index (κ3) is 3.85. The molecule has 0 bridgehead atoms. The summed E-state index contributed by atoms with van der Waals surface area (Å²) < 4.78 is 3.78. The lowest BCUT2D eigenvalue weighted by Gasteiger charge is -2.29. The lowest BCUT2D eigenvalue weighted by Crippen LogP contribution is -2.46. The highest BCUT2D eigenvalue weighted by Crippen LogP contribution is 2.22. The Hall–Kier alpha value is -3.07. The van der Waals surface area contributed by atoms with Crippen LogP contribution >= 0.6 is 12.2 Å². The van der Waals surface area contributed by atoms with E-state index in [9.17, 15) is 0 Å². The van der Waals surface area contributed by atoms with Gasteiger partial charge < -0.3 is 10.6 Å². The fourth-order valence-electron chi connectivity index (χ4n) is 3.52. The number of aromatic nitrogens is 6. The number of hydrogen-bond donors (Lipinski definition) is 2. The van der Waals surface area contributed by atoms with Crippen molar-refractivity contribution in [3.63, 3.8) is 0 Å². The highest BCUT2D eigenvalue weighted by atomic mass is 32.1. The van der Waals surface area contributed by atoms with Gasteiger partial charge in [0.05, 0.1) is 11.0 Å². The zero-order valence-electron chi connectivity index (χ0n) is 17.5. The van der Waals surface area contributed by atoms with E-state index in [2.05, 4.69) is 59.0 Å². The smallest absolute Gasteiger partial charge is 0.169 e. The van der Waals surface area contributed by atoms with Gasteiger partial charge in [0, 0.05) is 0 Å². The summed E-state index contributed by atoms with van der Waals surface area (Å²) in [6, 6.07) is 15.8. The van der Waals surface area contributed by atoms with Gasteiger partial charge in [-0.3, -0.25) is 0 Å². The predicted molar refractivity (Wildman–Crippen MR) is 122 cm³/mol. The molecule has 2 aromatic carbocycles. The van der Waals surface area contributed by atoms with E-state index in [-0.39, 0.29) is 24.2 Å². The van der Waals surface area contributed by atoms with E-state index in [1.807, 2.05) is 57.9 Å². The van der Waals surface area contributed by atoms with Gasteiger partial charge in [-0.2, -0.15) is 0 Å². The second kappa shape index (κ2) is 8.35. The minimum Gasteiger partial charge on any atom is -0.341 e. The fraction of sp³-hybridized carbons (Fsp3) is 0.381. The fourth-order valence-corrected chi connectivity index (χ4v) is 3.76. The molecule has 2 atom stereocenters. The molecule has 30 heavy (non-hydrogen) atoms. The number of fused-ring (bicyclic) bond motifs is 2. The van der Waals surface area contributed by atoms with Gasteiger partial charge in [-0.05, 0) is 48.3 Å². The van der Waals surface area contributed by atoms with Gasteiger partial charge >= 0.3 is 0 Å². The molecular weight excluding hydrogens is 396 g/mol. The summed E-state index contributed by atoms with van der Waals surface area (Å²) in [5, 5.41) is 24.7. The van der Waals surface area contributed by atoms with Crippen LogP contribution < -0.4 is 10.6 Å². The third-order valence-electron chi connectivity index (χ3n) is 5.10. The molecule has 0 aliphatic carbocycles. The van der Waals surface area contributed by atoms with E-state index in [0.29, 0.717) is 5.11 Å². The minimum absolute atomic E-state index is 0.141. The number of nitrogens with zero attached hydrogens (tertiary/aromatic N) is 6. The second-order valence-corrected chi connectivity index (χ2v) is 8.45. The van der Waals surface area contributed by atoms with Crippen LogP contribution in [0.3, 0.4) is 0 Å². The minimum atomic E-state index is -0.141. The maximum Gasteiger partial charge on any atom is 0.169 e. The van der Waals surface area contributed by atoms with Crippen molar-refractivity contribution in [3.05, 3.63) is 48.5 Å². The van der Waals surface area contributed by atoms with E-state index >= 15 is 0 Å². The Morgan fingerprint density at radius 3 is 1.53 bits per heavy atom. The van der Waals surface area contributed by atoms with Crippen molar-refractivity contribution in [2.45, 2.75) is 40.0 Å². The van der Waals surface area contributed by atoms with Crippen LogP contribution in [0.25, 0.3) is 22.1 Å². The van der Waals surface area contributed by atoms with Crippen molar-refractivity contribution in [2.75, 3.05) is 0 Å². The van der Waals surface area contributed by atoms with Crippen molar-refractivity contribution in [1.82, 2.24) is 40.6 Å². The van der Waals surface area contributed by atoms with Gasteiger partial charge in [0.15, 0.2) is 5.11 Å². The average molecular weight is 423 g/mol. The molecule has 4 rings (SSSR count). The Balaban J connectivity index is 1.58. The van der Waals surface area contributed by atoms with Crippen molar-refractivity contribution in [2.24, 2.45) is 11.8 Å². The largest absolute Gasteiger partial charge is 0.341 e. The SMILES string of the molecule is CC(C)C(NC(=S)NC(C(C)C)n1nnc2ccccc21)n1nnc2ccccc21. The number of thiocarbonyl (C=S) groups is 1. The quantitative estimate of drug-likeness (QED) is 0.459. The molecular formula is C21H26N8S. The summed E-state index contributed by atoms with van der Waals surface area (Å²) in [6.07, 6.45) is -0.282. The zero-order valence-corrected chi connectivity index (χ0v) is 18.3. The number of nitrogens with one attached hydrogen (secondary N) is 2. The molecule has 0 radical (unpaired) electrons. The molecule has 9 heteroatoms. The number of hydrogen-bond acceptors (Lipinski definition) is 5. The number of benzene rings is 2. The van der Waals surface area contributed by atoms with Crippen molar-refractivity contribution >= 4 is 39.4 Å². The molecule has 8 nitrogen and oxygen atoms in total. The second-order valence-electron chi connectivity index (χ2n) is 8.04. The van der Waals surface area contributed by atoms with Crippen LogP contribution in [-0.4, -0.2) is 35.1 Å². The van der Waals surface area contributed by atoms with Gasteiger partial charge in [-0.25, -0.2) is 9.36 Å². The summed E-state index contributed by atoms with van der Waals surface area (Å²) in [4.78, 5) is 0. The highest BCUT2D eigenvalue weighted by molar-refractivity contribution is 7.80. The Morgan fingerprint density at radius 2 is 1.13 bits per heavy atom. The molecule has 0 aliphatic rings. The van der Waals surface area contributed by atoms with Gasteiger partial charge in [0.25, 0.3) is 0 Å². The van der Waals surface area contributed by atoms with E-state index in [1.54, 1.807) is 0 Å². The van der Waals surface area contributed by atoms with Crippen molar-refractivity contribution < 1.29 is 0 Å². The molecule has 0 spiro atoms.